The molecule has 0 amide bonds. The normalized spacial score (nSPS) is 12.1. The summed E-state index contributed by atoms with van der Waals surface area (Å²) < 4.78 is 5.72. The zero-order valence-corrected chi connectivity index (χ0v) is 11.0. The van der Waals surface area contributed by atoms with Crippen molar-refractivity contribution in [2.75, 3.05) is 6.61 Å². The Kier molecular flexibility index (Phi) is 4.95. The Labute approximate surface area is 113 Å². The highest BCUT2D eigenvalue weighted by Gasteiger charge is 2.00. The highest BCUT2D eigenvalue weighted by Crippen LogP contribution is 2.20. The molecule has 100 valence electrons. The molecule has 0 radical (unpaired) electrons. The van der Waals surface area contributed by atoms with Crippen LogP contribution in [0.15, 0.2) is 54.6 Å². The maximum absolute atomic E-state index is 8.94. The van der Waals surface area contributed by atoms with Gasteiger partial charge in [-0.05, 0) is 36.8 Å². The van der Waals surface area contributed by atoms with E-state index in [4.69, 9.17) is 9.84 Å². The monoisotopic (exact) mass is 257 g/mol. The molecule has 2 aromatic carbocycles. The summed E-state index contributed by atoms with van der Waals surface area (Å²) in [5.74, 6) is 1.66. The zero-order valence-electron chi connectivity index (χ0n) is 11.0. The Morgan fingerprint density at radius 2 is 1.63 bits per heavy atom. The third kappa shape index (κ3) is 4.39. The molecule has 3 heteroatoms. The van der Waals surface area contributed by atoms with Crippen LogP contribution in [0.2, 0.25) is 0 Å². The Morgan fingerprint density at radius 3 is 2.26 bits per heavy atom. The molecule has 0 aliphatic heterocycles. The van der Waals surface area contributed by atoms with Crippen molar-refractivity contribution < 1.29 is 9.84 Å². The second kappa shape index (κ2) is 6.92. The first-order valence-corrected chi connectivity index (χ1v) is 6.44. The van der Waals surface area contributed by atoms with Crippen molar-refractivity contribution in [1.29, 1.82) is 0 Å². The third-order valence-corrected chi connectivity index (χ3v) is 2.83. The number of hydrogen-bond donors (Lipinski definition) is 2. The maximum Gasteiger partial charge on any atom is 0.127 e. The molecule has 1 unspecified atom stereocenters. The van der Waals surface area contributed by atoms with Gasteiger partial charge in [-0.25, -0.2) is 0 Å². The second-order valence-electron chi connectivity index (χ2n) is 4.52. The summed E-state index contributed by atoms with van der Waals surface area (Å²) in [6.45, 7) is 2.84. The van der Waals surface area contributed by atoms with Crippen LogP contribution in [0.25, 0.3) is 0 Å². The van der Waals surface area contributed by atoms with Crippen LogP contribution in [0, 0.1) is 0 Å². The van der Waals surface area contributed by atoms with Crippen molar-refractivity contribution in [2.45, 2.75) is 19.5 Å². The van der Waals surface area contributed by atoms with Gasteiger partial charge in [0, 0.05) is 12.6 Å². The number of aliphatic hydroxyl groups is 1. The number of aliphatic hydroxyl groups excluding tert-OH is 1. The Hall–Kier alpha value is -1.84. The third-order valence-electron chi connectivity index (χ3n) is 2.83. The maximum atomic E-state index is 8.94. The molecule has 0 aromatic heterocycles. The van der Waals surface area contributed by atoms with Crippen molar-refractivity contribution >= 4 is 0 Å². The first kappa shape index (κ1) is 13.6. The molecule has 0 fully saturated rings. The van der Waals surface area contributed by atoms with Gasteiger partial charge in [0.15, 0.2) is 0 Å². The summed E-state index contributed by atoms with van der Waals surface area (Å²) in [5, 5.41) is 12.2. The van der Waals surface area contributed by atoms with E-state index >= 15 is 0 Å². The fourth-order valence-electron chi connectivity index (χ4n) is 1.66. The van der Waals surface area contributed by atoms with Crippen molar-refractivity contribution in [3.8, 4) is 11.5 Å². The van der Waals surface area contributed by atoms with Gasteiger partial charge in [0.25, 0.3) is 0 Å². The van der Waals surface area contributed by atoms with Crippen LogP contribution < -0.4 is 10.1 Å². The minimum absolute atomic E-state index is 0.111. The van der Waals surface area contributed by atoms with Crippen molar-refractivity contribution in [2.24, 2.45) is 0 Å². The van der Waals surface area contributed by atoms with Gasteiger partial charge in [-0.1, -0.05) is 30.3 Å². The number of para-hydroxylation sites is 1. The molecule has 0 saturated carbocycles. The molecule has 3 nitrogen and oxygen atoms in total. The molecule has 19 heavy (non-hydrogen) atoms. The molecule has 0 aliphatic rings. The van der Waals surface area contributed by atoms with E-state index in [-0.39, 0.29) is 12.6 Å². The number of ether oxygens (including phenoxy) is 1. The lowest BCUT2D eigenvalue weighted by Gasteiger charge is -2.11. The van der Waals surface area contributed by atoms with E-state index in [2.05, 4.69) is 5.32 Å². The lowest BCUT2D eigenvalue weighted by atomic mass is 10.2. The van der Waals surface area contributed by atoms with Crippen LogP contribution in [0.3, 0.4) is 0 Å². The van der Waals surface area contributed by atoms with E-state index in [1.807, 2.05) is 61.5 Å². The minimum atomic E-state index is 0.111. The standard InChI is InChI=1S/C16H19NO2/c1-13(12-18)17-11-14-7-9-16(10-8-14)19-15-5-3-2-4-6-15/h2-10,13,17-18H,11-12H2,1H3. The van der Waals surface area contributed by atoms with Crippen LogP contribution in [0.1, 0.15) is 12.5 Å². The van der Waals surface area contributed by atoms with E-state index in [0.717, 1.165) is 18.0 Å². The van der Waals surface area contributed by atoms with E-state index in [9.17, 15) is 0 Å². The summed E-state index contributed by atoms with van der Waals surface area (Å²) in [5.41, 5.74) is 1.17. The summed E-state index contributed by atoms with van der Waals surface area (Å²) in [7, 11) is 0. The molecule has 2 aromatic rings. The smallest absolute Gasteiger partial charge is 0.127 e. The summed E-state index contributed by atoms with van der Waals surface area (Å²) in [6.07, 6.45) is 0. The van der Waals surface area contributed by atoms with E-state index in [0.29, 0.717) is 0 Å². The van der Waals surface area contributed by atoms with E-state index < -0.39 is 0 Å². The fraction of sp³-hybridized carbons (Fsp3) is 0.250. The fourth-order valence-corrected chi connectivity index (χ4v) is 1.66. The molecule has 0 heterocycles. The van der Waals surface area contributed by atoms with Gasteiger partial charge >= 0.3 is 0 Å². The predicted molar refractivity (Wildman–Crippen MR) is 76.3 cm³/mol. The van der Waals surface area contributed by atoms with Gasteiger partial charge < -0.3 is 15.2 Å². The largest absolute Gasteiger partial charge is 0.457 e. The molecule has 1 atom stereocenters. The van der Waals surface area contributed by atoms with E-state index in [1.165, 1.54) is 5.56 Å². The number of benzene rings is 2. The number of hydrogen-bond acceptors (Lipinski definition) is 3. The first-order valence-electron chi connectivity index (χ1n) is 6.44. The highest BCUT2D eigenvalue weighted by molar-refractivity contribution is 5.32. The molecule has 0 bridgehead atoms. The summed E-state index contributed by atoms with van der Waals surface area (Å²) in [6, 6.07) is 17.8. The van der Waals surface area contributed by atoms with Crippen molar-refractivity contribution in [3.05, 3.63) is 60.2 Å². The molecule has 0 spiro atoms. The summed E-state index contributed by atoms with van der Waals surface area (Å²) in [4.78, 5) is 0. The van der Waals surface area contributed by atoms with Crippen LogP contribution in [-0.2, 0) is 6.54 Å². The molecule has 0 saturated heterocycles. The van der Waals surface area contributed by atoms with Gasteiger partial charge in [0.2, 0.25) is 0 Å². The molecule has 2 N–H and O–H groups in total. The predicted octanol–water partition coefficient (Wildman–Crippen LogP) is 2.95. The number of nitrogens with one attached hydrogen (secondary N) is 1. The lowest BCUT2D eigenvalue weighted by Crippen LogP contribution is -2.28. The Balaban J connectivity index is 1.91. The van der Waals surface area contributed by atoms with Gasteiger partial charge in [-0.3, -0.25) is 0 Å². The molecule has 2 rings (SSSR count). The van der Waals surface area contributed by atoms with Gasteiger partial charge in [0.1, 0.15) is 11.5 Å². The van der Waals surface area contributed by atoms with Crippen LogP contribution in [0.4, 0.5) is 0 Å². The van der Waals surface area contributed by atoms with Gasteiger partial charge in [-0.2, -0.15) is 0 Å². The minimum Gasteiger partial charge on any atom is -0.457 e. The SMILES string of the molecule is CC(CO)NCc1ccc(Oc2ccccc2)cc1. The molecular formula is C16H19NO2. The van der Waals surface area contributed by atoms with Crippen LogP contribution in [-0.4, -0.2) is 17.8 Å². The lowest BCUT2D eigenvalue weighted by molar-refractivity contribution is 0.251. The van der Waals surface area contributed by atoms with Crippen molar-refractivity contribution in [3.63, 3.8) is 0 Å². The Bertz CT molecular complexity index is 482. The second-order valence-corrected chi connectivity index (χ2v) is 4.52. The van der Waals surface area contributed by atoms with Gasteiger partial charge in [0.05, 0.1) is 6.61 Å². The average Bonchev–Trinajstić information content (AvgIpc) is 2.47. The van der Waals surface area contributed by atoms with Crippen LogP contribution in [0.5, 0.6) is 11.5 Å². The van der Waals surface area contributed by atoms with E-state index in [1.54, 1.807) is 0 Å². The average molecular weight is 257 g/mol. The first-order chi connectivity index (χ1) is 9.28. The topological polar surface area (TPSA) is 41.5 Å². The quantitative estimate of drug-likeness (QED) is 0.836. The summed E-state index contributed by atoms with van der Waals surface area (Å²) >= 11 is 0. The molecule has 0 aliphatic carbocycles. The molecular weight excluding hydrogens is 238 g/mol. The zero-order chi connectivity index (χ0) is 13.5. The van der Waals surface area contributed by atoms with Crippen molar-refractivity contribution in [1.82, 2.24) is 5.32 Å². The van der Waals surface area contributed by atoms with Crippen LogP contribution >= 0.6 is 0 Å². The van der Waals surface area contributed by atoms with Gasteiger partial charge in [-0.15, -0.1) is 0 Å². The Morgan fingerprint density at radius 1 is 1.00 bits per heavy atom. The highest BCUT2D eigenvalue weighted by atomic mass is 16.5. The number of rotatable bonds is 6.